The third-order valence-electron chi connectivity index (χ3n) is 5.78. The molecule has 1 N–H and O–H groups in total. The number of nitrogens with one attached hydrogen (secondary N) is 1. The highest BCUT2D eigenvalue weighted by Gasteiger charge is 2.34. The summed E-state index contributed by atoms with van der Waals surface area (Å²) in [5.41, 5.74) is 2.19. The van der Waals surface area contributed by atoms with Crippen LogP contribution in [0.5, 0.6) is 5.75 Å². The molecule has 2 heterocycles. The molecule has 0 aliphatic carbocycles. The molecular weight excluding hydrogens is 399 g/mol. The van der Waals surface area contributed by atoms with Gasteiger partial charge in [0, 0.05) is 18.4 Å². The van der Waals surface area contributed by atoms with E-state index in [-0.39, 0.29) is 11.9 Å². The largest absolute Gasteiger partial charge is 0.497 e. The normalized spacial score (nSPS) is 15.8. The fourth-order valence-electron chi connectivity index (χ4n) is 4.11. The average Bonchev–Trinajstić information content (AvgIpc) is 3.27. The predicted octanol–water partition coefficient (Wildman–Crippen LogP) is 0.962. The number of aromatic nitrogens is 4. The highest BCUT2D eigenvalue weighted by atomic mass is 19.1. The van der Waals surface area contributed by atoms with Crippen molar-refractivity contribution in [1.29, 1.82) is 0 Å². The highest BCUT2D eigenvalue weighted by molar-refractivity contribution is 5.46. The topological polar surface area (TPSA) is 69.7 Å². The first-order chi connectivity index (χ1) is 15.2. The molecule has 0 bridgehead atoms. The third kappa shape index (κ3) is 4.83. The smallest absolute Gasteiger partial charge is 0.214 e. The Kier molecular flexibility index (Phi) is 6.73. The van der Waals surface area contributed by atoms with E-state index in [0.29, 0.717) is 13.2 Å². The molecule has 164 valence electrons. The highest BCUT2D eigenvalue weighted by Crippen LogP contribution is 2.21. The molecule has 0 radical (unpaired) electrons. The number of ether oxygens (including phenoxy) is 2. The van der Waals surface area contributed by atoms with E-state index >= 15 is 0 Å². The van der Waals surface area contributed by atoms with Crippen LogP contribution in [0.3, 0.4) is 0 Å². The van der Waals surface area contributed by atoms with Gasteiger partial charge < -0.3 is 19.3 Å². The lowest BCUT2D eigenvalue weighted by atomic mass is 10.0. The van der Waals surface area contributed by atoms with E-state index in [4.69, 9.17) is 9.47 Å². The van der Waals surface area contributed by atoms with Gasteiger partial charge in [-0.3, -0.25) is 0 Å². The molecule has 1 saturated heterocycles. The minimum atomic E-state index is -0.213. The van der Waals surface area contributed by atoms with Gasteiger partial charge >= 0.3 is 0 Å². The summed E-state index contributed by atoms with van der Waals surface area (Å²) in [6.07, 6.45) is 0. The number of piperazine rings is 1. The molecular formula is C22H28FN6O2+. The van der Waals surface area contributed by atoms with Crippen molar-refractivity contribution in [3.8, 4) is 5.75 Å². The molecule has 2 aromatic carbocycles. The van der Waals surface area contributed by atoms with E-state index < -0.39 is 0 Å². The zero-order valence-corrected chi connectivity index (χ0v) is 17.9. The fraction of sp³-hybridized carbons (Fsp3) is 0.409. The molecule has 1 fully saturated rings. The number of benzene rings is 2. The first-order valence-corrected chi connectivity index (χ1v) is 10.4. The standard InChI is InChI=1S/C22H27FN6O2/c1-30-16-15-29-22(24-25-26-29)21(17-3-9-20(31-2)10-4-17)28-13-11-27(12-14-28)19-7-5-18(23)6-8-19/h3-10,21H,11-16H2,1-2H3/p+1/t21-/m0/s1. The molecule has 1 atom stereocenters. The summed E-state index contributed by atoms with van der Waals surface area (Å²) in [7, 11) is 3.34. The van der Waals surface area contributed by atoms with Crippen LogP contribution in [0.25, 0.3) is 0 Å². The van der Waals surface area contributed by atoms with Gasteiger partial charge in [-0.25, -0.2) is 9.07 Å². The summed E-state index contributed by atoms with van der Waals surface area (Å²) in [5, 5.41) is 12.5. The maximum Gasteiger partial charge on any atom is 0.214 e. The summed E-state index contributed by atoms with van der Waals surface area (Å²) < 4.78 is 25.7. The number of anilines is 1. The molecule has 9 heteroatoms. The van der Waals surface area contributed by atoms with Crippen LogP contribution in [0.4, 0.5) is 10.1 Å². The first kappa shape index (κ1) is 21.2. The molecule has 0 spiro atoms. The van der Waals surface area contributed by atoms with Crippen LogP contribution >= 0.6 is 0 Å². The Balaban J connectivity index is 1.57. The number of quaternary nitrogens is 1. The molecule has 1 aromatic heterocycles. The predicted molar refractivity (Wildman–Crippen MR) is 114 cm³/mol. The Morgan fingerprint density at radius 3 is 2.39 bits per heavy atom. The van der Waals surface area contributed by atoms with Gasteiger partial charge in [-0.05, 0) is 59.0 Å². The van der Waals surface area contributed by atoms with Gasteiger partial charge in [0.1, 0.15) is 11.6 Å². The van der Waals surface area contributed by atoms with Crippen LogP contribution in [0.15, 0.2) is 48.5 Å². The Bertz CT molecular complexity index is 955. The van der Waals surface area contributed by atoms with Crippen molar-refractivity contribution < 1.29 is 18.8 Å². The van der Waals surface area contributed by atoms with Gasteiger partial charge in [0.15, 0.2) is 6.04 Å². The fourth-order valence-corrected chi connectivity index (χ4v) is 4.11. The molecule has 3 aromatic rings. The van der Waals surface area contributed by atoms with Crippen LogP contribution in [0.1, 0.15) is 17.4 Å². The van der Waals surface area contributed by atoms with Crippen molar-refractivity contribution in [3.63, 3.8) is 0 Å². The second-order valence-electron chi connectivity index (χ2n) is 7.58. The quantitative estimate of drug-likeness (QED) is 0.578. The van der Waals surface area contributed by atoms with Gasteiger partial charge in [-0.15, -0.1) is 5.10 Å². The van der Waals surface area contributed by atoms with E-state index in [9.17, 15) is 4.39 Å². The summed E-state index contributed by atoms with van der Waals surface area (Å²) in [5.74, 6) is 1.43. The van der Waals surface area contributed by atoms with Gasteiger partial charge in [0.05, 0.1) is 46.4 Å². The van der Waals surface area contributed by atoms with Crippen LogP contribution in [0.2, 0.25) is 0 Å². The number of rotatable bonds is 8. The van der Waals surface area contributed by atoms with Crippen LogP contribution in [-0.4, -0.2) is 67.2 Å². The Morgan fingerprint density at radius 1 is 1.03 bits per heavy atom. The van der Waals surface area contributed by atoms with Crippen molar-refractivity contribution in [2.75, 3.05) is 51.9 Å². The SMILES string of the molecule is COCCn1nnnc1[C@H](c1ccc(OC)cc1)[NH+]1CCN(c2ccc(F)cc2)CC1. The van der Waals surface area contributed by atoms with Crippen molar-refractivity contribution in [2.45, 2.75) is 12.6 Å². The molecule has 0 saturated carbocycles. The zero-order chi connectivity index (χ0) is 21.6. The monoisotopic (exact) mass is 427 g/mol. The lowest BCUT2D eigenvalue weighted by Crippen LogP contribution is -3.15. The number of hydrogen-bond donors (Lipinski definition) is 1. The van der Waals surface area contributed by atoms with Gasteiger partial charge in [-0.2, -0.15) is 0 Å². The number of hydrogen-bond acceptors (Lipinski definition) is 6. The minimum absolute atomic E-state index is 0.00636. The van der Waals surface area contributed by atoms with Crippen LogP contribution in [-0.2, 0) is 11.3 Å². The van der Waals surface area contributed by atoms with Crippen molar-refractivity contribution >= 4 is 5.69 Å². The van der Waals surface area contributed by atoms with Crippen molar-refractivity contribution in [1.82, 2.24) is 20.2 Å². The molecule has 31 heavy (non-hydrogen) atoms. The zero-order valence-electron chi connectivity index (χ0n) is 17.9. The summed E-state index contributed by atoms with van der Waals surface area (Å²) in [6, 6.07) is 14.8. The average molecular weight is 428 g/mol. The van der Waals surface area contributed by atoms with Crippen molar-refractivity contribution in [2.24, 2.45) is 0 Å². The minimum Gasteiger partial charge on any atom is -0.497 e. The Morgan fingerprint density at radius 2 is 1.74 bits per heavy atom. The number of tetrazole rings is 1. The van der Waals surface area contributed by atoms with Crippen molar-refractivity contribution in [3.05, 3.63) is 65.7 Å². The number of methoxy groups -OCH3 is 2. The van der Waals surface area contributed by atoms with Gasteiger partial charge in [0.25, 0.3) is 0 Å². The van der Waals surface area contributed by atoms with E-state index in [2.05, 4.69) is 32.6 Å². The van der Waals surface area contributed by atoms with Crippen LogP contribution < -0.4 is 14.5 Å². The molecule has 1 aliphatic rings. The van der Waals surface area contributed by atoms with E-state index in [0.717, 1.165) is 49.0 Å². The molecule has 0 amide bonds. The Labute approximate surface area is 181 Å². The summed E-state index contributed by atoms with van der Waals surface area (Å²) in [4.78, 5) is 3.68. The maximum atomic E-state index is 13.3. The third-order valence-corrected chi connectivity index (χ3v) is 5.78. The summed E-state index contributed by atoms with van der Waals surface area (Å²) in [6.45, 7) is 4.69. The molecule has 4 rings (SSSR count). The van der Waals surface area contributed by atoms with Crippen LogP contribution in [0, 0.1) is 5.82 Å². The second-order valence-corrected chi connectivity index (χ2v) is 7.58. The molecule has 8 nitrogen and oxygen atoms in total. The van der Waals surface area contributed by atoms with Gasteiger partial charge in [0.2, 0.25) is 5.82 Å². The van der Waals surface area contributed by atoms with E-state index in [1.807, 2.05) is 28.9 Å². The first-order valence-electron chi connectivity index (χ1n) is 10.4. The van der Waals surface area contributed by atoms with Gasteiger partial charge in [-0.1, -0.05) is 0 Å². The maximum absolute atomic E-state index is 13.3. The lowest BCUT2D eigenvalue weighted by Gasteiger charge is -2.37. The number of halogens is 1. The molecule has 1 aliphatic heterocycles. The van der Waals surface area contributed by atoms with E-state index in [1.54, 1.807) is 14.2 Å². The summed E-state index contributed by atoms with van der Waals surface area (Å²) >= 11 is 0. The molecule has 0 unspecified atom stereocenters. The van der Waals surface area contributed by atoms with E-state index in [1.165, 1.54) is 17.0 Å². The number of nitrogens with zero attached hydrogens (tertiary/aromatic N) is 5. The second kappa shape index (κ2) is 9.84. The Hall–Kier alpha value is -3.04. The lowest BCUT2D eigenvalue weighted by molar-refractivity contribution is -0.927.